The number of rotatable bonds is 2. The summed E-state index contributed by atoms with van der Waals surface area (Å²) in [7, 11) is 0. The van der Waals surface area contributed by atoms with Gasteiger partial charge in [-0.2, -0.15) is 5.10 Å². The summed E-state index contributed by atoms with van der Waals surface area (Å²) in [6, 6.07) is 16.0. The van der Waals surface area contributed by atoms with Crippen molar-refractivity contribution in [3.8, 4) is 5.69 Å². The van der Waals surface area contributed by atoms with Crippen molar-refractivity contribution in [3.63, 3.8) is 0 Å². The van der Waals surface area contributed by atoms with Crippen LogP contribution >= 0.6 is 0 Å². The number of aromatic nitrogens is 5. The highest BCUT2D eigenvalue weighted by Gasteiger charge is 2.21. The molecule has 0 aliphatic carbocycles. The van der Waals surface area contributed by atoms with E-state index in [1.165, 1.54) is 0 Å². The van der Waals surface area contributed by atoms with Crippen LogP contribution in [0.25, 0.3) is 33.4 Å². The van der Waals surface area contributed by atoms with Crippen molar-refractivity contribution in [2.75, 3.05) is 0 Å². The Balaban J connectivity index is 2.04. The molecule has 0 aliphatic rings. The highest BCUT2D eigenvalue weighted by atomic mass is 16.1. The molecule has 29 heavy (non-hydrogen) atoms. The Hall–Kier alpha value is -3.54. The van der Waals surface area contributed by atoms with E-state index in [9.17, 15) is 4.79 Å². The normalized spacial score (nSPS) is 11.9. The largest absolute Gasteiger partial charge is 0.287 e. The average molecular weight is 383 g/mol. The topological polar surface area (TPSA) is 65.1 Å². The molecule has 0 fully saturated rings. The molecular formula is C23H21N5O. The molecule has 2 aromatic carbocycles. The molecule has 0 radical (unpaired) electrons. The number of benzene rings is 2. The van der Waals surface area contributed by atoms with Crippen LogP contribution in [0.3, 0.4) is 0 Å². The van der Waals surface area contributed by atoms with Crippen molar-refractivity contribution < 1.29 is 0 Å². The summed E-state index contributed by atoms with van der Waals surface area (Å²) in [5.74, 6) is 0.995. The predicted octanol–water partition coefficient (Wildman–Crippen LogP) is 4.32. The molecule has 5 aromatic rings. The van der Waals surface area contributed by atoms with Crippen molar-refractivity contribution in [2.24, 2.45) is 0 Å². The fraction of sp³-hybridized carbons (Fsp3) is 0.217. The van der Waals surface area contributed by atoms with E-state index in [2.05, 4.69) is 18.9 Å². The van der Waals surface area contributed by atoms with Gasteiger partial charge in [-0.15, -0.1) is 0 Å². The van der Waals surface area contributed by atoms with Gasteiger partial charge >= 0.3 is 0 Å². The van der Waals surface area contributed by atoms with E-state index >= 15 is 0 Å². The first-order chi connectivity index (χ1) is 14.0. The van der Waals surface area contributed by atoms with Crippen LogP contribution in [0.2, 0.25) is 0 Å². The maximum atomic E-state index is 13.2. The molecule has 3 heterocycles. The van der Waals surface area contributed by atoms with E-state index in [1.807, 2.05) is 59.9 Å². The quantitative estimate of drug-likeness (QED) is 0.455. The lowest BCUT2D eigenvalue weighted by molar-refractivity contribution is 0.751. The maximum Gasteiger partial charge on any atom is 0.216 e. The first-order valence-electron chi connectivity index (χ1n) is 9.73. The summed E-state index contributed by atoms with van der Waals surface area (Å²) in [4.78, 5) is 22.9. The zero-order valence-corrected chi connectivity index (χ0v) is 16.8. The fourth-order valence-corrected chi connectivity index (χ4v) is 3.77. The Morgan fingerprint density at radius 2 is 1.62 bits per heavy atom. The summed E-state index contributed by atoms with van der Waals surface area (Å²) >= 11 is 0. The van der Waals surface area contributed by atoms with Crippen LogP contribution in [0, 0.1) is 13.8 Å². The van der Waals surface area contributed by atoms with Gasteiger partial charge in [0.2, 0.25) is 5.43 Å². The Bertz CT molecular complexity index is 1460. The summed E-state index contributed by atoms with van der Waals surface area (Å²) in [5, 5.41) is 5.07. The van der Waals surface area contributed by atoms with E-state index in [1.54, 1.807) is 11.6 Å². The van der Waals surface area contributed by atoms with Gasteiger partial charge in [0.1, 0.15) is 16.9 Å². The van der Waals surface area contributed by atoms with Crippen molar-refractivity contribution >= 4 is 27.7 Å². The molecular weight excluding hydrogens is 362 g/mol. The molecule has 0 saturated heterocycles. The fourth-order valence-electron chi connectivity index (χ4n) is 3.77. The molecule has 0 amide bonds. The van der Waals surface area contributed by atoms with E-state index in [0.717, 1.165) is 28.1 Å². The minimum absolute atomic E-state index is 0.133. The zero-order valence-electron chi connectivity index (χ0n) is 16.8. The van der Waals surface area contributed by atoms with Crippen molar-refractivity contribution in [2.45, 2.75) is 33.6 Å². The van der Waals surface area contributed by atoms with E-state index in [0.29, 0.717) is 22.4 Å². The van der Waals surface area contributed by atoms with Crippen LogP contribution in [0.1, 0.15) is 36.8 Å². The van der Waals surface area contributed by atoms with Crippen LogP contribution in [-0.2, 0) is 0 Å². The third-order valence-corrected chi connectivity index (χ3v) is 5.26. The standard InChI is InChI=1S/C23H21N5O/c1-13(2)21-25-23-19(22-24-17-7-5-6-8-18(17)27(21)22)20(29)15(4)26-28(23)16-11-9-14(3)10-12-16/h5-13H,1-4H3. The van der Waals surface area contributed by atoms with Gasteiger partial charge in [-0.25, -0.2) is 14.6 Å². The van der Waals surface area contributed by atoms with E-state index < -0.39 is 0 Å². The number of aryl methyl sites for hydroxylation is 2. The van der Waals surface area contributed by atoms with Crippen LogP contribution in [0.4, 0.5) is 0 Å². The highest BCUT2D eigenvalue weighted by molar-refractivity contribution is 5.95. The second kappa shape index (κ2) is 6.24. The molecule has 0 spiro atoms. The SMILES string of the molecule is Cc1ccc(-n2nc(C)c(=O)c3c2nc(C(C)C)n2c4ccccc4nc32)cc1. The number of hydrogen-bond acceptors (Lipinski definition) is 4. The maximum absolute atomic E-state index is 13.2. The molecule has 6 heteroatoms. The van der Waals surface area contributed by atoms with Gasteiger partial charge in [-0.1, -0.05) is 43.7 Å². The number of para-hydroxylation sites is 2. The molecule has 0 atom stereocenters. The molecule has 0 bridgehead atoms. The third-order valence-electron chi connectivity index (χ3n) is 5.26. The van der Waals surface area contributed by atoms with Gasteiger partial charge in [-0.05, 0) is 38.1 Å². The molecule has 6 nitrogen and oxygen atoms in total. The Morgan fingerprint density at radius 1 is 0.897 bits per heavy atom. The number of imidazole rings is 1. The summed E-state index contributed by atoms with van der Waals surface area (Å²) < 4.78 is 3.78. The predicted molar refractivity (Wildman–Crippen MR) is 115 cm³/mol. The molecule has 0 N–H and O–H groups in total. The van der Waals surface area contributed by atoms with Crippen LogP contribution in [0.15, 0.2) is 53.3 Å². The van der Waals surface area contributed by atoms with Crippen LogP contribution < -0.4 is 5.43 Å². The summed E-state index contributed by atoms with van der Waals surface area (Å²) in [6.07, 6.45) is 0. The Morgan fingerprint density at radius 3 is 2.34 bits per heavy atom. The lowest BCUT2D eigenvalue weighted by atomic mass is 10.2. The van der Waals surface area contributed by atoms with Gasteiger partial charge in [0.05, 0.1) is 16.7 Å². The van der Waals surface area contributed by atoms with Crippen molar-refractivity contribution in [1.29, 1.82) is 0 Å². The lowest BCUT2D eigenvalue weighted by Crippen LogP contribution is -2.19. The minimum atomic E-state index is -0.133. The lowest BCUT2D eigenvalue weighted by Gasteiger charge is -2.15. The first kappa shape index (κ1) is 17.6. The van der Waals surface area contributed by atoms with Crippen LogP contribution in [-0.4, -0.2) is 24.1 Å². The second-order valence-corrected chi connectivity index (χ2v) is 7.74. The molecule has 0 aliphatic heterocycles. The number of hydrogen-bond donors (Lipinski definition) is 0. The van der Waals surface area contributed by atoms with Gasteiger partial charge in [0.25, 0.3) is 0 Å². The summed E-state index contributed by atoms with van der Waals surface area (Å²) in [5.41, 5.74) is 5.29. The molecule has 144 valence electrons. The van der Waals surface area contributed by atoms with Crippen molar-refractivity contribution in [1.82, 2.24) is 24.1 Å². The first-order valence-corrected chi connectivity index (χ1v) is 9.73. The average Bonchev–Trinajstić information content (AvgIpc) is 3.09. The smallest absolute Gasteiger partial charge is 0.216 e. The number of nitrogens with zero attached hydrogens (tertiary/aromatic N) is 5. The molecule has 0 saturated carbocycles. The highest BCUT2D eigenvalue weighted by Crippen LogP contribution is 2.27. The van der Waals surface area contributed by atoms with Crippen LogP contribution in [0.5, 0.6) is 0 Å². The molecule has 3 aromatic heterocycles. The number of fused-ring (bicyclic) bond motifs is 5. The zero-order chi connectivity index (χ0) is 20.3. The van der Waals surface area contributed by atoms with Gasteiger partial charge in [-0.3, -0.25) is 9.20 Å². The van der Waals surface area contributed by atoms with Gasteiger partial charge in [0, 0.05) is 5.92 Å². The van der Waals surface area contributed by atoms with E-state index in [4.69, 9.17) is 9.97 Å². The van der Waals surface area contributed by atoms with Gasteiger partial charge < -0.3 is 0 Å². The van der Waals surface area contributed by atoms with Crippen molar-refractivity contribution in [3.05, 3.63) is 75.8 Å². The third kappa shape index (κ3) is 2.56. The second-order valence-electron chi connectivity index (χ2n) is 7.74. The monoisotopic (exact) mass is 383 g/mol. The summed E-state index contributed by atoms with van der Waals surface area (Å²) in [6.45, 7) is 7.97. The molecule has 0 unspecified atom stereocenters. The van der Waals surface area contributed by atoms with Gasteiger partial charge in [0.15, 0.2) is 11.3 Å². The Kier molecular flexibility index (Phi) is 3.77. The minimum Gasteiger partial charge on any atom is -0.287 e. The molecule has 5 rings (SSSR count). The van der Waals surface area contributed by atoms with E-state index in [-0.39, 0.29) is 11.3 Å². The Labute approximate surface area is 167 Å².